The standard InChI is InChI=1S/C33H29N3O4S/c1-4-35-20-23(25-16-9-10-17-26(25)35)19-27-31(37)36-30(22-14-11-15-24(18-22)39-3)28(32(38)40-5-2)29(34-33(36)41-27)21-12-7-6-8-13-21/h6-20,30H,4-5H2,1-3H3/t30-/m1/s1. The number of aromatic nitrogens is 2. The predicted molar refractivity (Wildman–Crippen MR) is 162 cm³/mol. The van der Waals surface area contributed by atoms with E-state index in [1.165, 1.54) is 11.3 Å². The Kier molecular flexibility index (Phi) is 7.15. The molecule has 0 saturated carbocycles. The second kappa shape index (κ2) is 11.1. The van der Waals surface area contributed by atoms with Crippen molar-refractivity contribution in [3.8, 4) is 5.75 Å². The minimum Gasteiger partial charge on any atom is -0.497 e. The smallest absolute Gasteiger partial charge is 0.338 e. The monoisotopic (exact) mass is 563 g/mol. The molecular formula is C33H29N3O4S. The van der Waals surface area contributed by atoms with Gasteiger partial charge in [-0.05, 0) is 43.7 Å². The van der Waals surface area contributed by atoms with E-state index < -0.39 is 12.0 Å². The molecule has 41 heavy (non-hydrogen) atoms. The molecule has 0 N–H and O–H groups in total. The van der Waals surface area contributed by atoms with E-state index in [0.717, 1.165) is 34.1 Å². The lowest BCUT2D eigenvalue weighted by atomic mass is 9.93. The van der Waals surface area contributed by atoms with Gasteiger partial charge >= 0.3 is 5.97 Å². The van der Waals surface area contributed by atoms with Crippen LogP contribution in [0.15, 0.2) is 100 Å². The second-order valence-corrected chi connectivity index (χ2v) is 10.6. The Balaban J connectivity index is 1.66. The Morgan fingerprint density at radius 1 is 1.02 bits per heavy atom. The molecule has 0 saturated heterocycles. The molecule has 2 aromatic heterocycles. The molecule has 0 radical (unpaired) electrons. The van der Waals surface area contributed by atoms with Crippen LogP contribution < -0.4 is 19.6 Å². The van der Waals surface area contributed by atoms with Gasteiger partial charge in [0.15, 0.2) is 4.80 Å². The average Bonchev–Trinajstić information content (AvgIpc) is 3.53. The van der Waals surface area contributed by atoms with Crippen LogP contribution in [0.5, 0.6) is 5.75 Å². The van der Waals surface area contributed by atoms with Gasteiger partial charge in [0.05, 0.1) is 35.6 Å². The summed E-state index contributed by atoms with van der Waals surface area (Å²) in [4.78, 5) is 33.3. The van der Waals surface area contributed by atoms with Crippen LogP contribution in [0.25, 0.3) is 22.7 Å². The molecular weight excluding hydrogens is 534 g/mol. The summed E-state index contributed by atoms with van der Waals surface area (Å²) in [6.07, 6.45) is 4.00. The van der Waals surface area contributed by atoms with Crippen LogP contribution in [0.1, 0.15) is 36.6 Å². The largest absolute Gasteiger partial charge is 0.497 e. The topological polar surface area (TPSA) is 74.8 Å². The van der Waals surface area contributed by atoms with E-state index in [9.17, 15) is 9.59 Å². The molecule has 0 spiro atoms. The van der Waals surface area contributed by atoms with E-state index >= 15 is 0 Å². The number of rotatable bonds is 7. The second-order valence-electron chi connectivity index (χ2n) is 9.60. The first-order chi connectivity index (χ1) is 20.0. The van der Waals surface area contributed by atoms with E-state index in [1.807, 2.05) is 72.8 Å². The highest BCUT2D eigenvalue weighted by Crippen LogP contribution is 2.36. The van der Waals surface area contributed by atoms with Crippen LogP contribution >= 0.6 is 11.3 Å². The third-order valence-electron chi connectivity index (χ3n) is 7.23. The summed E-state index contributed by atoms with van der Waals surface area (Å²) in [6.45, 7) is 4.87. The molecule has 7 nitrogen and oxygen atoms in total. The highest BCUT2D eigenvalue weighted by molar-refractivity contribution is 7.07. The van der Waals surface area contributed by atoms with Crippen molar-refractivity contribution in [3.05, 3.63) is 127 Å². The molecule has 6 rings (SSSR count). The molecule has 206 valence electrons. The van der Waals surface area contributed by atoms with Gasteiger partial charge in [-0.15, -0.1) is 0 Å². The van der Waals surface area contributed by atoms with Crippen molar-refractivity contribution in [1.29, 1.82) is 0 Å². The average molecular weight is 564 g/mol. The minimum atomic E-state index is -0.755. The summed E-state index contributed by atoms with van der Waals surface area (Å²) in [5.74, 6) is 0.113. The maximum Gasteiger partial charge on any atom is 0.338 e. The molecule has 0 amide bonds. The number of esters is 1. The fourth-order valence-corrected chi connectivity index (χ4v) is 6.35. The lowest BCUT2D eigenvalue weighted by Crippen LogP contribution is -2.40. The van der Waals surface area contributed by atoms with Crippen LogP contribution in [0.3, 0.4) is 0 Å². The number of carbonyl (C=O) groups is 1. The van der Waals surface area contributed by atoms with E-state index in [1.54, 1.807) is 18.6 Å². The van der Waals surface area contributed by atoms with Crippen molar-refractivity contribution in [3.63, 3.8) is 0 Å². The van der Waals surface area contributed by atoms with Gasteiger partial charge in [-0.2, -0.15) is 0 Å². The summed E-state index contributed by atoms with van der Waals surface area (Å²) in [6, 6.07) is 24.4. The Labute approximate surface area is 240 Å². The number of nitrogens with zero attached hydrogens (tertiary/aromatic N) is 3. The SMILES string of the molecule is CCOC(=O)C1=C(c2ccccc2)N=c2sc(=Cc3cn(CC)c4ccccc34)c(=O)n2[C@@H]1c1cccc(OC)c1. The van der Waals surface area contributed by atoms with Gasteiger partial charge in [0.1, 0.15) is 5.75 Å². The fourth-order valence-electron chi connectivity index (χ4n) is 5.36. The van der Waals surface area contributed by atoms with Crippen molar-refractivity contribution >= 4 is 40.0 Å². The Morgan fingerprint density at radius 3 is 2.56 bits per heavy atom. The van der Waals surface area contributed by atoms with E-state index in [4.69, 9.17) is 14.5 Å². The molecule has 1 aliphatic heterocycles. The summed E-state index contributed by atoms with van der Waals surface area (Å²) in [5, 5.41) is 1.07. The van der Waals surface area contributed by atoms with Crippen molar-refractivity contribution in [2.75, 3.05) is 13.7 Å². The fraction of sp³-hybridized carbons (Fsp3) is 0.182. The van der Waals surface area contributed by atoms with Gasteiger partial charge in [-0.3, -0.25) is 9.36 Å². The van der Waals surface area contributed by atoms with E-state index in [-0.39, 0.29) is 12.2 Å². The third kappa shape index (κ3) is 4.70. The molecule has 0 aliphatic carbocycles. The number of thiazole rings is 1. The van der Waals surface area contributed by atoms with Gasteiger partial charge in [0, 0.05) is 34.8 Å². The van der Waals surface area contributed by atoms with Crippen LogP contribution in [-0.2, 0) is 16.1 Å². The highest BCUT2D eigenvalue weighted by atomic mass is 32.1. The number of carbonyl (C=O) groups excluding carboxylic acids is 1. The van der Waals surface area contributed by atoms with Crippen LogP contribution in [-0.4, -0.2) is 28.8 Å². The molecule has 5 aromatic rings. The third-order valence-corrected chi connectivity index (χ3v) is 8.21. The number of aryl methyl sites for hydroxylation is 1. The highest BCUT2D eigenvalue weighted by Gasteiger charge is 2.35. The van der Waals surface area contributed by atoms with Crippen molar-refractivity contribution < 1.29 is 14.3 Å². The first-order valence-corrected chi connectivity index (χ1v) is 14.4. The van der Waals surface area contributed by atoms with Crippen LogP contribution in [0.2, 0.25) is 0 Å². The Morgan fingerprint density at radius 2 is 1.80 bits per heavy atom. The first kappa shape index (κ1) is 26.5. The molecule has 0 fully saturated rings. The summed E-state index contributed by atoms with van der Waals surface area (Å²) in [7, 11) is 1.59. The van der Waals surface area contributed by atoms with Crippen molar-refractivity contribution in [2.24, 2.45) is 4.99 Å². The van der Waals surface area contributed by atoms with E-state index in [0.29, 0.717) is 26.4 Å². The molecule has 3 aromatic carbocycles. The predicted octanol–water partition coefficient (Wildman–Crippen LogP) is 4.92. The molecule has 0 bridgehead atoms. The van der Waals surface area contributed by atoms with Crippen molar-refractivity contribution in [2.45, 2.75) is 26.4 Å². The van der Waals surface area contributed by atoms with Gasteiger partial charge in [0.2, 0.25) is 0 Å². The molecule has 8 heteroatoms. The maximum absolute atomic E-state index is 14.2. The van der Waals surface area contributed by atoms with Crippen LogP contribution in [0.4, 0.5) is 0 Å². The van der Waals surface area contributed by atoms with E-state index in [2.05, 4.69) is 29.8 Å². The molecule has 0 unspecified atom stereocenters. The number of ether oxygens (including phenoxy) is 2. The lowest BCUT2D eigenvalue weighted by molar-refractivity contribution is -0.138. The Bertz CT molecular complexity index is 1980. The number of fused-ring (bicyclic) bond motifs is 2. The minimum absolute atomic E-state index is 0.196. The number of benzene rings is 3. The summed E-state index contributed by atoms with van der Waals surface area (Å²) in [5.41, 5.74) is 4.15. The lowest BCUT2D eigenvalue weighted by Gasteiger charge is -2.26. The number of hydrogen-bond acceptors (Lipinski definition) is 6. The van der Waals surface area contributed by atoms with Crippen molar-refractivity contribution in [1.82, 2.24) is 9.13 Å². The zero-order valence-corrected chi connectivity index (χ0v) is 23.9. The van der Waals surface area contributed by atoms with Crippen LogP contribution in [0, 0.1) is 0 Å². The zero-order chi connectivity index (χ0) is 28.5. The summed E-state index contributed by atoms with van der Waals surface area (Å²) >= 11 is 1.32. The summed E-state index contributed by atoms with van der Waals surface area (Å²) < 4.78 is 15.4. The first-order valence-electron chi connectivity index (χ1n) is 13.5. The number of hydrogen-bond donors (Lipinski definition) is 0. The normalized spacial score (nSPS) is 15.1. The molecule has 1 aliphatic rings. The zero-order valence-electron chi connectivity index (χ0n) is 23.0. The number of methoxy groups -OCH3 is 1. The maximum atomic E-state index is 14.2. The molecule has 1 atom stereocenters. The van der Waals surface area contributed by atoms with Gasteiger partial charge in [-0.1, -0.05) is 72.0 Å². The van der Waals surface area contributed by atoms with Gasteiger partial charge in [0.25, 0.3) is 5.56 Å². The Hall–Kier alpha value is -4.69. The van der Waals surface area contributed by atoms with Gasteiger partial charge in [-0.25, -0.2) is 9.79 Å². The van der Waals surface area contributed by atoms with Gasteiger partial charge < -0.3 is 14.0 Å². The quantitative estimate of drug-likeness (QED) is 0.264. The number of para-hydroxylation sites is 1. The molecule has 3 heterocycles.